The van der Waals surface area contributed by atoms with Crippen molar-refractivity contribution in [2.45, 2.75) is 26.4 Å². The van der Waals surface area contributed by atoms with Crippen LogP contribution in [0, 0.1) is 0 Å². The van der Waals surface area contributed by atoms with Crippen LogP contribution in [0.4, 0.5) is 5.13 Å². The normalized spacial score (nSPS) is 11.4. The minimum absolute atomic E-state index is 0.127. The van der Waals surface area contributed by atoms with E-state index in [-0.39, 0.29) is 17.1 Å². The number of nitrogens with zero attached hydrogens (tertiary/aromatic N) is 1. The number of carbonyl (C=O) groups excluding carboxylic acids is 1. The lowest BCUT2D eigenvalue weighted by Gasteiger charge is -2.13. The van der Waals surface area contributed by atoms with Crippen LogP contribution in [-0.2, 0) is 0 Å². The lowest BCUT2D eigenvalue weighted by molar-refractivity contribution is 0.0977. The van der Waals surface area contributed by atoms with Crippen LogP contribution in [0.15, 0.2) is 53.9 Å². The van der Waals surface area contributed by atoms with E-state index in [0.29, 0.717) is 10.7 Å². The number of hydrogen-bond donors (Lipinski definition) is 2. The molecule has 1 atom stereocenters. The number of thiazole rings is 1. The Labute approximate surface area is 185 Å². The topological polar surface area (TPSA) is 72.5 Å². The number of carbonyl (C=O) groups is 1. The summed E-state index contributed by atoms with van der Waals surface area (Å²) in [6.07, 6.45) is 1.04. The Morgan fingerprint density at radius 3 is 2.43 bits per heavy atom. The molecule has 1 amide bonds. The second-order valence-corrected chi connectivity index (χ2v) is 7.80. The molecule has 0 saturated heterocycles. The number of methoxy groups -OCH3 is 1. The smallest absolute Gasteiger partial charge is 0.257 e. The molecule has 3 aromatic rings. The number of anilines is 1. The maximum atomic E-state index is 12.4. The van der Waals surface area contributed by atoms with Gasteiger partial charge in [0.1, 0.15) is 11.5 Å². The van der Waals surface area contributed by atoms with Crippen molar-refractivity contribution in [2.75, 3.05) is 12.4 Å². The van der Waals surface area contributed by atoms with Gasteiger partial charge in [0.25, 0.3) is 5.91 Å². The predicted molar refractivity (Wildman–Crippen MR) is 125 cm³/mol. The fourth-order valence-electron chi connectivity index (χ4n) is 2.53. The second kappa shape index (κ2) is 10.2. The van der Waals surface area contributed by atoms with Crippen molar-refractivity contribution >= 4 is 39.7 Å². The van der Waals surface area contributed by atoms with Crippen LogP contribution in [0.3, 0.4) is 0 Å². The Hall–Kier alpha value is -2.97. The molecular weight excluding hydrogens is 418 g/mol. The molecule has 30 heavy (non-hydrogen) atoms. The number of benzene rings is 2. The monoisotopic (exact) mass is 441 g/mol. The van der Waals surface area contributed by atoms with Crippen molar-refractivity contribution < 1.29 is 14.3 Å². The summed E-state index contributed by atoms with van der Waals surface area (Å²) in [5.74, 6) is 1.22. The minimum atomic E-state index is -0.297. The van der Waals surface area contributed by atoms with E-state index in [1.54, 1.807) is 31.4 Å². The van der Waals surface area contributed by atoms with E-state index in [2.05, 4.69) is 22.5 Å². The lowest BCUT2D eigenvalue weighted by Crippen LogP contribution is -2.34. The van der Waals surface area contributed by atoms with Gasteiger partial charge in [0.2, 0.25) is 0 Å². The highest BCUT2D eigenvalue weighted by Crippen LogP contribution is 2.26. The maximum absolute atomic E-state index is 12.4. The molecular formula is C22H23N3O3S2. The van der Waals surface area contributed by atoms with Gasteiger partial charge in [-0.3, -0.25) is 10.1 Å². The Balaban J connectivity index is 1.56. The van der Waals surface area contributed by atoms with Crippen molar-refractivity contribution in [1.29, 1.82) is 0 Å². The van der Waals surface area contributed by atoms with Gasteiger partial charge in [-0.05, 0) is 74.1 Å². The lowest BCUT2D eigenvalue weighted by atomic mass is 10.2. The SMILES string of the molecule is CCC(C)Oc1ccc(C(=O)NC(=S)Nc2nc(-c3ccc(OC)cc3)cs2)cc1. The second-order valence-electron chi connectivity index (χ2n) is 6.54. The number of amides is 1. The number of thiocarbonyl (C=S) groups is 1. The van der Waals surface area contributed by atoms with Crippen LogP contribution in [0.2, 0.25) is 0 Å². The maximum Gasteiger partial charge on any atom is 0.257 e. The number of rotatable bonds is 7. The first-order valence-electron chi connectivity index (χ1n) is 9.47. The molecule has 3 rings (SSSR count). The molecule has 6 nitrogen and oxygen atoms in total. The first kappa shape index (κ1) is 21.7. The average Bonchev–Trinajstić information content (AvgIpc) is 3.22. The summed E-state index contributed by atoms with van der Waals surface area (Å²) < 4.78 is 10.9. The Bertz CT molecular complexity index is 1000. The molecule has 1 unspecified atom stereocenters. The van der Waals surface area contributed by atoms with E-state index in [4.69, 9.17) is 21.7 Å². The summed E-state index contributed by atoms with van der Waals surface area (Å²) in [6, 6.07) is 14.6. The summed E-state index contributed by atoms with van der Waals surface area (Å²) in [7, 11) is 1.63. The molecule has 0 aliphatic rings. The van der Waals surface area contributed by atoms with Gasteiger partial charge in [-0.1, -0.05) is 6.92 Å². The van der Waals surface area contributed by atoms with Crippen LogP contribution in [-0.4, -0.2) is 29.2 Å². The Kier molecular flexibility index (Phi) is 7.37. The molecule has 0 aliphatic carbocycles. The van der Waals surface area contributed by atoms with Crippen molar-refractivity contribution in [2.24, 2.45) is 0 Å². The van der Waals surface area contributed by atoms with E-state index >= 15 is 0 Å². The van der Waals surface area contributed by atoms with Gasteiger partial charge in [0.15, 0.2) is 10.2 Å². The van der Waals surface area contributed by atoms with E-state index in [1.165, 1.54) is 11.3 Å². The van der Waals surface area contributed by atoms with E-state index in [0.717, 1.165) is 29.2 Å². The molecule has 0 spiro atoms. The Morgan fingerprint density at radius 1 is 1.13 bits per heavy atom. The predicted octanol–water partition coefficient (Wildman–Crippen LogP) is 5.12. The van der Waals surface area contributed by atoms with Crippen LogP contribution in [0.25, 0.3) is 11.3 Å². The molecule has 0 radical (unpaired) electrons. The zero-order valence-electron chi connectivity index (χ0n) is 17.0. The fourth-order valence-corrected chi connectivity index (χ4v) is 3.51. The third-order valence-electron chi connectivity index (χ3n) is 4.37. The first-order chi connectivity index (χ1) is 14.5. The summed E-state index contributed by atoms with van der Waals surface area (Å²) in [5.41, 5.74) is 2.28. The molecule has 8 heteroatoms. The third kappa shape index (κ3) is 5.77. The zero-order chi connectivity index (χ0) is 21.5. The van der Waals surface area contributed by atoms with Crippen molar-refractivity contribution in [3.05, 3.63) is 59.5 Å². The summed E-state index contributed by atoms with van der Waals surface area (Å²) in [5, 5.41) is 8.34. The summed E-state index contributed by atoms with van der Waals surface area (Å²) in [6.45, 7) is 4.06. The van der Waals surface area contributed by atoms with Crippen LogP contribution in [0.5, 0.6) is 11.5 Å². The van der Waals surface area contributed by atoms with Crippen molar-refractivity contribution in [1.82, 2.24) is 10.3 Å². The molecule has 0 aliphatic heterocycles. The van der Waals surface area contributed by atoms with Gasteiger partial charge < -0.3 is 14.8 Å². The number of hydrogen-bond acceptors (Lipinski definition) is 6. The number of ether oxygens (including phenoxy) is 2. The van der Waals surface area contributed by atoms with Crippen LogP contribution < -0.4 is 20.1 Å². The van der Waals surface area contributed by atoms with Gasteiger partial charge in [0, 0.05) is 16.5 Å². The molecule has 2 N–H and O–H groups in total. The number of nitrogens with one attached hydrogen (secondary N) is 2. The van der Waals surface area contributed by atoms with Gasteiger partial charge in [-0.2, -0.15) is 0 Å². The van der Waals surface area contributed by atoms with E-state index < -0.39 is 0 Å². The molecule has 156 valence electrons. The van der Waals surface area contributed by atoms with Crippen molar-refractivity contribution in [3.63, 3.8) is 0 Å². The average molecular weight is 442 g/mol. The highest BCUT2D eigenvalue weighted by molar-refractivity contribution is 7.80. The molecule has 2 aromatic carbocycles. The quantitative estimate of drug-likeness (QED) is 0.496. The van der Waals surface area contributed by atoms with Crippen LogP contribution in [0.1, 0.15) is 30.6 Å². The van der Waals surface area contributed by atoms with Crippen LogP contribution >= 0.6 is 23.6 Å². The highest BCUT2D eigenvalue weighted by atomic mass is 32.1. The van der Waals surface area contributed by atoms with Crippen molar-refractivity contribution in [3.8, 4) is 22.8 Å². The summed E-state index contributed by atoms with van der Waals surface area (Å²) >= 11 is 6.66. The number of aromatic nitrogens is 1. The van der Waals surface area contributed by atoms with Gasteiger partial charge in [-0.25, -0.2) is 4.98 Å². The van der Waals surface area contributed by atoms with E-state index in [1.807, 2.05) is 36.6 Å². The van der Waals surface area contributed by atoms with Gasteiger partial charge >= 0.3 is 0 Å². The highest BCUT2D eigenvalue weighted by Gasteiger charge is 2.11. The molecule has 1 heterocycles. The minimum Gasteiger partial charge on any atom is -0.497 e. The fraction of sp³-hybridized carbons (Fsp3) is 0.227. The van der Waals surface area contributed by atoms with Gasteiger partial charge in [0.05, 0.1) is 18.9 Å². The third-order valence-corrected chi connectivity index (χ3v) is 5.33. The molecule has 0 fully saturated rings. The molecule has 0 saturated carbocycles. The largest absolute Gasteiger partial charge is 0.497 e. The zero-order valence-corrected chi connectivity index (χ0v) is 18.6. The summed E-state index contributed by atoms with van der Waals surface area (Å²) in [4.78, 5) is 16.9. The van der Waals surface area contributed by atoms with Gasteiger partial charge in [-0.15, -0.1) is 11.3 Å². The first-order valence-corrected chi connectivity index (χ1v) is 10.8. The molecule has 0 bridgehead atoms. The Morgan fingerprint density at radius 2 is 1.80 bits per heavy atom. The standard InChI is InChI=1S/C22H23N3O3S2/c1-4-14(2)28-18-11-7-16(8-12-18)20(26)24-21(29)25-22-23-19(13-30-22)15-5-9-17(27-3)10-6-15/h5-14H,4H2,1-3H3,(H2,23,24,25,26,29). The van der Waals surface area contributed by atoms with E-state index in [9.17, 15) is 4.79 Å². The molecule has 1 aromatic heterocycles.